The van der Waals surface area contributed by atoms with Gasteiger partial charge in [-0.15, -0.1) is 11.5 Å². The van der Waals surface area contributed by atoms with Crippen LogP contribution in [0.5, 0.6) is 0 Å². The third kappa shape index (κ3) is 5.69. The van der Waals surface area contributed by atoms with E-state index in [1.165, 1.54) is 0 Å². The molecule has 0 radical (unpaired) electrons. The van der Waals surface area contributed by atoms with Crippen molar-refractivity contribution in [2.75, 3.05) is 6.61 Å². The molecule has 1 saturated heterocycles. The number of rotatable bonds is 3. The first-order chi connectivity index (χ1) is 7.29. The second-order valence-corrected chi connectivity index (χ2v) is 10.6. The lowest BCUT2D eigenvalue weighted by atomic mass is 10.2. The van der Waals surface area contributed by atoms with E-state index in [2.05, 4.69) is 31.1 Å². The Bertz CT molecular complexity index is 281. The zero-order valence-corrected chi connectivity index (χ0v) is 12.2. The summed E-state index contributed by atoms with van der Waals surface area (Å²) in [6.45, 7) is 11.5. The van der Waals surface area contributed by atoms with Gasteiger partial charge in [-0.05, 0) is 26.7 Å². The lowest BCUT2D eigenvalue weighted by Crippen LogP contribution is -2.21. The van der Waals surface area contributed by atoms with Crippen LogP contribution in [0.25, 0.3) is 0 Å². The molecule has 16 heavy (non-hydrogen) atoms. The fraction of sp³-hybridized carbons (Fsp3) is 0.846. The smallest absolute Gasteiger partial charge is 0.163 e. The van der Waals surface area contributed by atoms with Crippen molar-refractivity contribution in [1.82, 2.24) is 0 Å². The summed E-state index contributed by atoms with van der Waals surface area (Å²) in [5, 5.41) is 0. The summed E-state index contributed by atoms with van der Waals surface area (Å²) in [6, 6.07) is 0. The van der Waals surface area contributed by atoms with E-state index in [0.29, 0.717) is 0 Å². The number of hydrogen-bond donors (Lipinski definition) is 0. The lowest BCUT2D eigenvalue weighted by Gasteiger charge is -2.16. The van der Waals surface area contributed by atoms with Crippen LogP contribution in [-0.4, -0.2) is 26.6 Å². The van der Waals surface area contributed by atoms with Gasteiger partial charge in [0, 0.05) is 6.42 Å². The van der Waals surface area contributed by atoms with Crippen LogP contribution in [-0.2, 0) is 9.47 Å². The standard InChI is InChI=1S/C13H24O2Si/c1-13(2)14-11-12(15-13)9-7-6-8-10-16(3,4)5/h12H,6-7,9,11H2,1-5H3/t12-/m1/s1. The van der Waals surface area contributed by atoms with Crippen LogP contribution >= 0.6 is 0 Å². The lowest BCUT2D eigenvalue weighted by molar-refractivity contribution is -0.139. The summed E-state index contributed by atoms with van der Waals surface area (Å²) in [4.78, 5) is 0. The summed E-state index contributed by atoms with van der Waals surface area (Å²) in [6.07, 6.45) is 3.43. The molecule has 0 amide bonds. The maximum atomic E-state index is 5.73. The second-order valence-electron chi connectivity index (χ2n) is 5.89. The minimum atomic E-state index is -1.18. The van der Waals surface area contributed by atoms with E-state index < -0.39 is 8.07 Å². The molecule has 1 heterocycles. The van der Waals surface area contributed by atoms with Crippen molar-refractivity contribution in [3.63, 3.8) is 0 Å². The molecule has 1 aliphatic heterocycles. The van der Waals surface area contributed by atoms with Crippen molar-refractivity contribution in [3.8, 4) is 11.5 Å². The minimum absolute atomic E-state index is 0.267. The van der Waals surface area contributed by atoms with E-state index in [-0.39, 0.29) is 11.9 Å². The van der Waals surface area contributed by atoms with Crippen molar-refractivity contribution in [2.24, 2.45) is 0 Å². The summed E-state index contributed by atoms with van der Waals surface area (Å²) < 4.78 is 11.2. The predicted molar refractivity (Wildman–Crippen MR) is 69.9 cm³/mol. The van der Waals surface area contributed by atoms with Gasteiger partial charge in [-0.25, -0.2) is 0 Å². The first kappa shape index (κ1) is 13.8. The Morgan fingerprint density at radius 2 is 2.00 bits per heavy atom. The minimum Gasteiger partial charge on any atom is -0.348 e. The molecule has 92 valence electrons. The van der Waals surface area contributed by atoms with Gasteiger partial charge in [0.25, 0.3) is 0 Å². The molecule has 3 heteroatoms. The molecule has 0 aromatic carbocycles. The molecule has 0 saturated carbocycles. The van der Waals surface area contributed by atoms with Crippen molar-refractivity contribution in [2.45, 2.75) is 64.6 Å². The highest BCUT2D eigenvalue weighted by Crippen LogP contribution is 2.24. The van der Waals surface area contributed by atoms with Crippen LogP contribution in [0.4, 0.5) is 0 Å². The number of ether oxygens (including phenoxy) is 2. The van der Waals surface area contributed by atoms with Crippen LogP contribution < -0.4 is 0 Å². The first-order valence-corrected chi connectivity index (χ1v) is 9.60. The van der Waals surface area contributed by atoms with Crippen LogP contribution in [0.1, 0.15) is 33.1 Å². The molecule has 1 fully saturated rings. The topological polar surface area (TPSA) is 18.5 Å². The van der Waals surface area contributed by atoms with Crippen LogP contribution in [0.15, 0.2) is 0 Å². The molecule has 1 rings (SSSR count). The fourth-order valence-corrected chi connectivity index (χ4v) is 2.31. The Morgan fingerprint density at radius 1 is 1.31 bits per heavy atom. The van der Waals surface area contributed by atoms with Crippen LogP contribution in [0.3, 0.4) is 0 Å². The third-order valence-corrected chi connectivity index (χ3v) is 3.29. The average Bonchev–Trinajstić information content (AvgIpc) is 2.43. The Morgan fingerprint density at radius 3 is 2.50 bits per heavy atom. The fourth-order valence-electron chi connectivity index (χ4n) is 1.65. The van der Waals surface area contributed by atoms with Gasteiger partial charge in [-0.1, -0.05) is 19.6 Å². The van der Waals surface area contributed by atoms with E-state index >= 15 is 0 Å². The number of unbranched alkanes of at least 4 members (excludes halogenated alkanes) is 1. The average molecular weight is 240 g/mol. The highest BCUT2D eigenvalue weighted by Gasteiger charge is 2.31. The molecule has 0 aromatic rings. The van der Waals surface area contributed by atoms with Crippen LogP contribution in [0.2, 0.25) is 19.6 Å². The maximum Gasteiger partial charge on any atom is 0.163 e. The van der Waals surface area contributed by atoms with Gasteiger partial charge in [0.15, 0.2) is 5.79 Å². The van der Waals surface area contributed by atoms with Gasteiger partial charge in [0.05, 0.1) is 12.7 Å². The van der Waals surface area contributed by atoms with Gasteiger partial charge in [0.1, 0.15) is 8.07 Å². The normalized spacial score (nSPS) is 23.9. The molecular weight excluding hydrogens is 216 g/mol. The first-order valence-electron chi connectivity index (χ1n) is 6.10. The summed E-state index contributed by atoms with van der Waals surface area (Å²) in [5.74, 6) is 2.91. The summed E-state index contributed by atoms with van der Waals surface area (Å²) >= 11 is 0. The summed E-state index contributed by atoms with van der Waals surface area (Å²) in [5.41, 5.74) is 3.38. The van der Waals surface area contributed by atoms with E-state index in [1.807, 2.05) is 13.8 Å². The Kier molecular flexibility index (Phi) is 4.60. The largest absolute Gasteiger partial charge is 0.348 e. The number of hydrogen-bond acceptors (Lipinski definition) is 2. The second kappa shape index (κ2) is 5.35. The maximum absolute atomic E-state index is 5.73. The van der Waals surface area contributed by atoms with Gasteiger partial charge in [-0.2, -0.15) is 0 Å². The quantitative estimate of drug-likeness (QED) is 0.428. The monoisotopic (exact) mass is 240 g/mol. The van der Waals surface area contributed by atoms with Gasteiger partial charge >= 0.3 is 0 Å². The van der Waals surface area contributed by atoms with Crippen molar-refractivity contribution >= 4 is 8.07 Å². The predicted octanol–water partition coefficient (Wildman–Crippen LogP) is 3.19. The van der Waals surface area contributed by atoms with Gasteiger partial charge in [0.2, 0.25) is 0 Å². The molecule has 0 bridgehead atoms. The molecule has 1 atom stereocenters. The Balaban J connectivity index is 2.15. The van der Waals surface area contributed by atoms with Crippen LogP contribution in [0, 0.1) is 11.5 Å². The third-order valence-electron chi connectivity index (χ3n) is 2.36. The SMILES string of the molecule is CC1(C)OC[C@@H](CCCC#C[Si](C)(C)C)O1. The highest BCUT2D eigenvalue weighted by molar-refractivity contribution is 6.83. The Labute approximate surface area is 101 Å². The molecule has 0 aliphatic carbocycles. The summed E-state index contributed by atoms with van der Waals surface area (Å²) in [7, 11) is -1.18. The molecule has 2 nitrogen and oxygen atoms in total. The highest BCUT2D eigenvalue weighted by atomic mass is 28.3. The van der Waals surface area contributed by atoms with E-state index in [1.54, 1.807) is 0 Å². The van der Waals surface area contributed by atoms with Crippen molar-refractivity contribution in [3.05, 3.63) is 0 Å². The van der Waals surface area contributed by atoms with Gasteiger partial charge < -0.3 is 9.47 Å². The zero-order chi connectivity index (χ0) is 12.2. The van der Waals surface area contributed by atoms with Gasteiger partial charge in [-0.3, -0.25) is 0 Å². The van der Waals surface area contributed by atoms with Crippen molar-refractivity contribution < 1.29 is 9.47 Å². The molecule has 0 unspecified atom stereocenters. The van der Waals surface area contributed by atoms with E-state index in [9.17, 15) is 0 Å². The molecule has 0 aromatic heterocycles. The molecule has 0 spiro atoms. The molecular formula is C13H24O2Si. The molecule has 1 aliphatic rings. The van der Waals surface area contributed by atoms with Crippen molar-refractivity contribution in [1.29, 1.82) is 0 Å². The van der Waals surface area contributed by atoms with E-state index in [4.69, 9.17) is 9.47 Å². The Hall–Kier alpha value is -0.303. The molecule has 0 N–H and O–H groups in total. The van der Waals surface area contributed by atoms with E-state index in [0.717, 1.165) is 25.9 Å². The zero-order valence-electron chi connectivity index (χ0n) is 11.2.